The molecule has 158 valence electrons. The van der Waals surface area contributed by atoms with Gasteiger partial charge in [-0.2, -0.15) is 4.98 Å². The second-order valence-electron chi connectivity index (χ2n) is 6.49. The van der Waals surface area contributed by atoms with Gasteiger partial charge >= 0.3 is 5.97 Å². The lowest BCUT2D eigenvalue weighted by Gasteiger charge is -2.33. The minimum Gasteiger partial charge on any atom is -0.466 e. The molecule has 0 radical (unpaired) electrons. The molecule has 2 aromatic rings. The van der Waals surface area contributed by atoms with Gasteiger partial charge < -0.3 is 19.5 Å². The molecule has 0 bridgehead atoms. The van der Waals surface area contributed by atoms with Crippen LogP contribution in [0.1, 0.15) is 25.6 Å². The van der Waals surface area contributed by atoms with Gasteiger partial charge in [0.05, 0.1) is 12.5 Å². The van der Waals surface area contributed by atoms with Crippen LogP contribution in [-0.2, 0) is 16.0 Å². The molecule has 1 aliphatic rings. The van der Waals surface area contributed by atoms with Crippen LogP contribution < -0.4 is 5.32 Å². The number of likely N-dealkylation sites (tertiary alicyclic amines) is 1. The van der Waals surface area contributed by atoms with Crippen LogP contribution in [0.15, 0.2) is 33.9 Å². The molecule has 0 spiro atoms. The summed E-state index contributed by atoms with van der Waals surface area (Å²) >= 11 is 0. The number of hydrogen-bond acceptors (Lipinski definition) is 7. The first-order valence-electron chi connectivity index (χ1n) is 9.57. The third-order valence-corrected chi connectivity index (χ3v) is 4.54. The largest absolute Gasteiger partial charge is 0.466 e. The van der Waals surface area contributed by atoms with Gasteiger partial charge in [-0.3, -0.25) is 14.8 Å². The Morgan fingerprint density at radius 2 is 2.31 bits per heavy atom. The molecule has 1 unspecified atom stereocenters. The number of ether oxygens (including phenoxy) is 1. The van der Waals surface area contributed by atoms with Crippen LogP contribution in [0.25, 0.3) is 11.6 Å². The van der Waals surface area contributed by atoms with Gasteiger partial charge in [0.1, 0.15) is 5.69 Å². The number of pyridine rings is 1. The van der Waals surface area contributed by atoms with Crippen molar-refractivity contribution in [3.8, 4) is 11.6 Å². The number of piperidine rings is 1. The smallest absolute Gasteiger partial charge is 0.310 e. The van der Waals surface area contributed by atoms with Gasteiger partial charge in [0, 0.05) is 39.3 Å². The predicted octanol–water partition coefficient (Wildman–Crippen LogP) is 2.14. The molecule has 1 fully saturated rings. The molecule has 0 aromatic carbocycles. The molecule has 0 amide bonds. The first-order chi connectivity index (χ1) is 13.7. The maximum absolute atomic E-state index is 12.0. The quantitative estimate of drug-likeness (QED) is 0.271. The normalized spacial score (nSPS) is 16.8. The van der Waals surface area contributed by atoms with Crippen LogP contribution in [0.3, 0.4) is 0 Å². The zero-order valence-electron chi connectivity index (χ0n) is 16.7. The standard InChI is InChI=1S/C19H26N6O3.HI/c1-3-27-18(26)14-7-6-12-25(13-14)19(20-2)22-11-9-16-23-17(28-24-16)15-8-4-5-10-21-15;/h4-5,8,10,14H,3,6-7,9,11-13H2,1-2H3,(H,20,22);1H. The molecule has 1 N–H and O–H groups in total. The van der Waals surface area contributed by atoms with E-state index >= 15 is 0 Å². The Balaban J connectivity index is 0.00000300. The number of nitrogens with zero attached hydrogens (tertiary/aromatic N) is 5. The van der Waals surface area contributed by atoms with Crippen LogP contribution in [-0.4, -0.2) is 65.2 Å². The zero-order valence-corrected chi connectivity index (χ0v) is 19.0. The maximum Gasteiger partial charge on any atom is 0.310 e. The molecular formula is C19H27IN6O3. The van der Waals surface area contributed by atoms with Crippen LogP contribution in [0, 0.1) is 5.92 Å². The second kappa shape index (κ2) is 11.7. The van der Waals surface area contributed by atoms with Crippen molar-refractivity contribution in [2.75, 3.05) is 33.3 Å². The highest BCUT2D eigenvalue weighted by Gasteiger charge is 2.28. The second-order valence-corrected chi connectivity index (χ2v) is 6.49. The van der Waals surface area contributed by atoms with E-state index in [1.807, 2.05) is 25.1 Å². The highest BCUT2D eigenvalue weighted by atomic mass is 127. The SMILES string of the molecule is CCOC(=O)C1CCCN(C(=NC)NCCc2noc(-c3ccccn3)n2)C1.I. The summed E-state index contributed by atoms with van der Waals surface area (Å²) in [5, 5.41) is 7.32. The van der Waals surface area contributed by atoms with Crippen molar-refractivity contribution in [3.05, 3.63) is 30.2 Å². The number of carbonyl (C=O) groups excluding carboxylic acids is 1. The Kier molecular flexibility index (Phi) is 9.29. The Hall–Kier alpha value is -2.24. The Morgan fingerprint density at radius 3 is 3.03 bits per heavy atom. The van der Waals surface area contributed by atoms with Gasteiger partial charge in [0.25, 0.3) is 5.89 Å². The van der Waals surface area contributed by atoms with Gasteiger partial charge in [-0.15, -0.1) is 24.0 Å². The average Bonchev–Trinajstić information content (AvgIpc) is 3.21. The number of halogens is 1. The first-order valence-corrected chi connectivity index (χ1v) is 9.57. The van der Waals surface area contributed by atoms with Gasteiger partial charge in [0.15, 0.2) is 11.8 Å². The lowest BCUT2D eigenvalue weighted by Crippen LogP contribution is -2.48. The summed E-state index contributed by atoms with van der Waals surface area (Å²) in [6.45, 7) is 4.32. The Labute approximate surface area is 187 Å². The lowest BCUT2D eigenvalue weighted by atomic mass is 9.98. The van der Waals surface area contributed by atoms with Gasteiger partial charge in [-0.1, -0.05) is 11.2 Å². The van der Waals surface area contributed by atoms with E-state index in [1.54, 1.807) is 13.2 Å². The fourth-order valence-corrected chi connectivity index (χ4v) is 3.19. The van der Waals surface area contributed by atoms with Crippen molar-refractivity contribution in [1.82, 2.24) is 25.3 Å². The monoisotopic (exact) mass is 514 g/mol. The molecule has 9 nitrogen and oxygen atoms in total. The van der Waals surface area contributed by atoms with Crippen LogP contribution in [0.5, 0.6) is 0 Å². The molecule has 29 heavy (non-hydrogen) atoms. The number of guanidine groups is 1. The molecule has 1 saturated heterocycles. The molecule has 10 heteroatoms. The van der Waals surface area contributed by atoms with Gasteiger partial charge in [0.2, 0.25) is 0 Å². The topological polar surface area (TPSA) is 106 Å². The summed E-state index contributed by atoms with van der Waals surface area (Å²) in [5.74, 6) is 1.55. The summed E-state index contributed by atoms with van der Waals surface area (Å²) in [5.41, 5.74) is 0.656. The molecule has 0 saturated carbocycles. The molecular weight excluding hydrogens is 487 g/mol. The Morgan fingerprint density at radius 1 is 1.45 bits per heavy atom. The van der Waals surface area contributed by atoms with E-state index in [4.69, 9.17) is 9.26 Å². The van der Waals surface area contributed by atoms with E-state index in [2.05, 4.69) is 30.3 Å². The van der Waals surface area contributed by atoms with E-state index in [9.17, 15) is 4.79 Å². The van der Waals surface area contributed by atoms with Crippen molar-refractivity contribution in [2.45, 2.75) is 26.2 Å². The molecule has 0 aliphatic carbocycles. The third-order valence-electron chi connectivity index (χ3n) is 4.54. The van der Waals surface area contributed by atoms with Crippen LogP contribution >= 0.6 is 24.0 Å². The number of aromatic nitrogens is 3. The summed E-state index contributed by atoms with van der Waals surface area (Å²) < 4.78 is 10.4. The zero-order chi connectivity index (χ0) is 19.8. The summed E-state index contributed by atoms with van der Waals surface area (Å²) in [6, 6.07) is 5.54. The van der Waals surface area contributed by atoms with Crippen molar-refractivity contribution >= 4 is 35.9 Å². The van der Waals surface area contributed by atoms with Crippen LogP contribution in [0.4, 0.5) is 0 Å². The number of nitrogens with one attached hydrogen (secondary N) is 1. The minimum atomic E-state index is -0.128. The van der Waals surface area contributed by atoms with Crippen molar-refractivity contribution in [3.63, 3.8) is 0 Å². The fourth-order valence-electron chi connectivity index (χ4n) is 3.19. The van der Waals surface area contributed by atoms with Crippen LogP contribution in [0.2, 0.25) is 0 Å². The van der Waals surface area contributed by atoms with Gasteiger partial charge in [-0.05, 0) is 31.9 Å². The van der Waals surface area contributed by atoms with E-state index in [1.165, 1.54) is 0 Å². The highest BCUT2D eigenvalue weighted by molar-refractivity contribution is 14.0. The molecule has 3 rings (SSSR count). The lowest BCUT2D eigenvalue weighted by molar-refractivity contribution is -0.149. The maximum atomic E-state index is 12.0. The van der Waals surface area contributed by atoms with Crippen molar-refractivity contribution in [1.29, 1.82) is 0 Å². The summed E-state index contributed by atoms with van der Waals surface area (Å²) in [4.78, 5) is 27.1. The van der Waals surface area contributed by atoms with Crippen molar-refractivity contribution < 1.29 is 14.1 Å². The van der Waals surface area contributed by atoms with Crippen molar-refractivity contribution in [2.24, 2.45) is 10.9 Å². The molecule has 2 aromatic heterocycles. The number of aliphatic imine (C=N–C) groups is 1. The average molecular weight is 514 g/mol. The molecule has 1 atom stereocenters. The molecule has 1 aliphatic heterocycles. The number of hydrogen-bond donors (Lipinski definition) is 1. The number of rotatable bonds is 6. The highest BCUT2D eigenvalue weighted by Crippen LogP contribution is 2.18. The fraction of sp³-hybridized carbons (Fsp3) is 0.526. The van der Waals surface area contributed by atoms with Gasteiger partial charge in [-0.25, -0.2) is 0 Å². The number of carbonyl (C=O) groups is 1. The minimum absolute atomic E-state index is 0. The van der Waals surface area contributed by atoms with E-state index in [0.29, 0.717) is 43.5 Å². The first kappa shape index (κ1) is 23.0. The van der Waals surface area contributed by atoms with E-state index in [-0.39, 0.29) is 35.9 Å². The van der Waals surface area contributed by atoms with E-state index < -0.39 is 0 Å². The predicted molar refractivity (Wildman–Crippen MR) is 119 cm³/mol. The summed E-state index contributed by atoms with van der Waals surface area (Å²) in [7, 11) is 1.74. The number of esters is 1. The summed E-state index contributed by atoms with van der Waals surface area (Å²) in [6.07, 6.45) is 4.06. The van der Waals surface area contributed by atoms with E-state index in [0.717, 1.165) is 25.3 Å². The Bertz CT molecular complexity index is 798. The third kappa shape index (κ3) is 6.38. The molecule has 3 heterocycles.